The molecule has 2 unspecified atom stereocenters. The Labute approximate surface area is 249 Å². The smallest absolute Gasteiger partial charge is 0.162 e. The Balaban J connectivity index is 0.000000693. The van der Waals surface area contributed by atoms with Crippen LogP contribution in [0.4, 0.5) is 4.39 Å². The summed E-state index contributed by atoms with van der Waals surface area (Å²) in [6.07, 6.45) is 17.1. The Morgan fingerprint density at radius 2 is 1.83 bits per heavy atom. The first-order valence-electron chi connectivity index (χ1n) is 15.0. The van der Waals surface area contributed by atoms with Crippen molar-refractivity contribution in [3.8, 4) is 5.75 Å². The molecule has 4 rings (SSSR count). The molecule has 0 spiro atoms. The number of hydrogen-bond donors (Lipinski definition) is 1. The molecule has 3 N–H and O–H groups in total. The summed E-state index contributed by atoms with van der Waals surface area (Å²) in [5, 5.41) is 9.46. The Morgan fingerprint density at radius 1 is 1.17 bits per heavy atom. The zero-order chi connectivity index (χ0) is 29.5. The first-order chi connectivity index (χ1) is 19.3. The van der Waals surface area contributed by atoms with E-state index in [4.69, 9.17) is 0 Å². The van der Waals surface area contributed by atoms with Crippen LogP contribution in [-0.4, -0.2) is 34.4 Å². The molecule has 41 heavy (non-hydrogen) atoms. The van der Waals surface area contributed by atoms with Gasteiger partial charge in [-0.3, -0.25) is 9.69 Å². The minimum atomic E-state index is -0.639. The number of carbonyl (C=O) groups excluding carboxylic acids is 1. The number of likely N-dealkylation sites (tertiary alicyclic amines) is 1. The van der Waals surface area contributed by atoms with Crippen LogP contribution in [0.1, 0.15) is 114 Å². The number of phenolic OH excluding ortho intramolecular Hbond substituents is 1. The maximum absolute atomic E-state index is 13.2. The number of hydrogen-bond acceptors (Lipinski definition) is 3. The standard InChI is InChI=1S/C20H27N.C11H11FO2.C5H12.H2O.H2/c1-4-10-18(11-5-2)20(19-13-7-6-8-14-19)21-15-9-12-17(3)16-21;1-6(13)8-4-9(7-2-3-7)11(14)5-10(8)12;1-3-5-4-2;;/h4-8,10-11,13-14,17,20H,1,9,12,15-16H2,2-3H3;4-5,7,14H,2-3H2,1H3;3-5H2,1-2H3;1H2;1H/b11-5-,18-10+;;;;. The topological polar surface area (TPSA) is 72.0 Å². The van der Waals surface area contributed by atoms with Gasteiger partial charge in [-0.25, -0.2) is 4.39 Å². The van der Waals surface area contributed by atoms with Crippen molar-refractivity contribution in [1.29, 1.82) is 0 Å². The molecule has 1 saturated heterocycles. The van der Waals surface area contributed by atoms with Gasteiger partial charge in [0.05, 0.1) is 11.6 Å². The molecule has 0 aromatic heterocycles. The highest BCUT2D eigenvalue weighted by molar-refractivity contribution is 5.94. The van der Waals surface area contributed by atoms with Crippen molar-refractivity contribution in [3.63, 3.8) is 0 Å². The number of Topliss-reactive ketones (excluding diaryl/α,β-unsaturated/α-hetero) is 1. The van der Waals surface area contributed by atoms with Crippen LogP contribution < -0.4 is 0 Å². The number of benzene rings is 2. The van der Waals surface area contributed by atoms with Gasteiger partial charge in [-0.2, -0.15) is 0 Å². The van der Waals surface area contributed by atoms with Gasteiger partial charge in [0.1, 0.15) is 11.6 Å². The van der Waals surface area contributed by atoms with E-state index >= 15 is 0 Å². The summed E-state index contributed by atoms with van der Waals surface area (Å²) in [5.41, 5.74) is 3.48. The fourth-order valence-corrected chi connectivity index (χ4v) is 5.20. The zero-order valence-corrected chi connectivity index (χ0v) is 25.8. The van der Waals surface area contributed by atoms with Crippen molar-refractivity contribution in [1.82, 2.24) is 4.90 Å². The van der Waals surface area contributed by atoms with Crippen LogP contribution in [0.15, 0.2) is 78.9 Å². The molecule has 5 heteroatoms. The third kappa shape index (κ3) is 11.8. The zero-order valence-electron chi connectivity index (χ0n) is 25.8. The predicted octanol–water partition coefficient (Wildman–Crippen LogP) is 9.38. The lowest BCUT2D eigenvalue weighted by molar-refractivity contribution is 0.101. The molecule has 2 aromatic carbocycles. The van der Waals surface area contributed by atoms with Crippen LogP contribution in [-0.2, 0) is 0 Å². The van der Waals surface area contributed by atoms with Gasteiger partial charge in [0.25, 0.3) is 0 Å². The normalized spacial score (nSPS) is 17.8. The molecule has 4 nitrogen and oxygen atoms in total. The molecule has 0 bridgehead atoms. The van der Waals surface area contributed by atoms with E-state index in [0.29, 0.717) is 17.5 Å². The first kappa shape index (κ1) is 36.0. The Hall–Kier alpha value is -3.02. The SMILES string of the molecule is C=C/C=C(\C=C/C)C(c1ccccc1)N1CCCC(C)C1.CC(=O)c1cc(C2CC2)c(O)cc1F.CCCCC.O.[HH]. The molecule has 1 aliphatic carbocycles. The molecular weight excluding hydrogens is 513 g/mol. The summed E-state index contributed by atoms with van der Waals surface area (Å²) < 4.78 is 13.2. The molecule has 228 valence electrons. The number of halogens is 1. The lowest BCUT2D eigenvalue weighted by Gasteiger charge is -2.38. The molecule has 2 aliphatic rings. The van der Waals surface area contributed by atoms with Crippen molar-refractivity contribution >= 4 is 5.78 Å². The van der Waals surface area contributed by atoms with Crippen molar-refractivity contribution in [2.75, 3.05) is 13.1 Å². The minimum Gasteiger partial charge on any atom is -0.508 e. The summed E-state index contributed by atoms with van der Waals surface area (Å²) in [6.45, 7) is 16.4. The van der Waals surface area contributed by atoms with E-state index < -0.39 is 5.82 Å². The fourth-order valence-electron chi connectivity index (χ4n) is 5.20. The van der Waals surface area contributed by atoms with Gasteiger partial charge < -0.3 is 10.6 Å². The number of ketones is 1. The molecule has 2 fully saturated rings. The average molecular weight is 568 g/mol. The fraction of sp³-hybridized carbons (Fsp3) is 0.472. The molecule has 0 amide bonds. The summed E-state index contributed by atoms with van der Waals surface area (Å²) >= 11 is 0. The van der Waals surface area contributed by atoms with Crippen LogP contribution in [0.2, 0.25) is 0 Å². The van der Waals surface area contributed by atoms with Gasteiger partial charge in [0.15, 0.2) is 5.78 Å². The summed E-state index contributed by atoms with van der Waals surface area (Å²) in [5.74, 6) is 0.119. The summed E-state index contributed by atoms with van der Waals surface area (Å²) in [7, 11) is 0. The number of rotatable bonds is 9. The largest absolute Gasteiger partial charge is 0.508 e. The van der Waals surface area contributed by atoms with Crippen molar-refractivity contribution in [2.45, 2.75) is 91.5 Å². The quantitative estimate of drug-likeness (QED) is 0.242. The lowest BCUT2D eigenvalue weighted by atomic mass is 9.91. The second-order valence-electron chi connectivity index (χ2n) is 11.0. The number of carbonyl (C=O) groups is 1. The molecule has 2 atom stereocenters. The van der Waals surface area contributed by atoms with Crippen molar-refractivity contribution in [3.05, 3.63) is 101 Å². The second-order valence-corrected chi connectivity index (χ2v) is 11.0. The summed E-state index contributed by atoms with van der Waals surface area (Å²) in [6, 6.07) is 13.7. The van der Waals surface area contributed by atoms with Gasteiger partial charge in [-0.15, -0.1) is 0 Å². The Kier molecular flexibility index (Phi) is 16.8. The number of allylic oxidation sites excluding steroid dienone is 3. The summed E-state index contributed by atoms with van der Waals surface area (Å²) in [4.78, 5) is 13.7. The van der Waals surface area contributed by atoms with E-state index in [1.54, 1.807) is 0 Å². The van der Waals surface area contributed by atoms with Crippen LogP contribution in [0.25, 0.3) is 0 Å². The van der Waals surface area contributed by atoms with Crippen molar-refractivity contribution in [2.24, 2.45) is 5.92 Å². The number of nitrogens with zero attached hydrogens (tertiary/aromatic N) is 1. The average Bonchev–Trinajstić information content (AvgIpc) is 3.76. The molecule has 2 aromatic rings. The lowest BCUT2D eigenvalue weighted by Crippen LogP contribution is -2.38. The predicted molar refractivity (Wildman–Crippen MR) is 173 cm³/mol. The second kappa shape index (κ2) is 19.2. The Morgan fingerprint density at radius 3 is 2.32 bits per heavy atom. The van der Waals surface area contributed by atoms with Gasteiger partial charge in [-0.05, 0) is 80.7 Å². The van der Waals surface area contributed by atoms with Crippen LogP contribution in [0, 0.1) is 11.7 Å². The minimum absolute atomic E-state index is 0. The van der Waals surface area contributed by atoms with E-state index in [2.05, 4.69) is 87.7 Å². The number of aromatic hydroxyl groups is 1. The molecule has 0 radical (unpaired) electrons. The third-order valence-corrected chi connectivity index (χ3v) is 7.37. The van der Waals surface area contributed by atoms with Crippen LogP contribution >= 0.6 is 0 Å². The molecule has 1 saturated carbocycles. The van der Waals surface area contributed by atoms with Gasteiger partial charge in [0, 0.05) is 14.0 Å². The highest BCUT2D eigenvalue weighted by Gasteiger charge is 2.28. The van der Waals surface area contributed by atoms with E-state index in [1.807, 2.05) is 6.08 Å². The van der Waals surface area contributed by atoms with Crippen molar-refractivity contribution < 1.29 is 21.2 Å². The van der Waals surface area contributed by atoms with E-state index in [9.17, 15) is 14.3 Å². The number of unbranched alkanes of at least 4 members (excludes halogenated alkanes) is 2. The molecule has 1 aliphatic heterocycles. The maximum atomic E-state index is 13.2. The van der Waals surface area contributed by atoms with E-state index in [1.165, 1.54) is 69.3 Å². The van der Waals surface area contributed by atoms with Gasteiger partial charge >= 0.3 is 0 Å². The highest BCUT2D eigenvalue weighted by Crippen LogP contribution is 2.44. The third-order valence-electron chi connectivity index (χ3n) is 7.37. The first-order valence-corrected chi connectivity index (χ1v) is 15.0. The van der Waals surface area contributed by atoms with Crippen LogP contribution in [0.5, 0.6) is 5.75 Å². The number of phenols is 1. The molecule has 1 heterocycles. The highest BCUT2D eigenvalue weighted by atomic mass is 19.1. The van der Waals surface area contributed by atoms with E-state index in [-0.39, 0.29) is 24.0 Å². The van der Waals surface area contributed by atoms with Crippen LogP contribution in [0.3, 0.4) is 0 Å². The monoisotopic (exact) mass is 567 g/mol. The number of piperidine rings is 1. The maximum Gasteiger partial charge on any atom is 0.162 e. The van der Waals surface area contributed by atoms with E-state index in [0.717, 1.165) is 24.8 Å². The van der Waals surface area contributed by atoms with Gasteiger partial charge in [-0.1, -0.05) is 101 Å². The molecular formula is C36H54FNO3. The Bertz CT molecular complexity index is 1130. The van der Waals surface area contributed by atoms with Gasteiger partial charge in [0.2, 0.25) is 0 Å².